The van der Waals surface area contributed by atoms with Gasteiger partial charge in [0.25, 0.3) is 0 Å². The summed E-state index contributed by atoms with van der Waals surface area (Å²) in [6.45, 7) is 3.13. The Labute approximate surface area is 241 Å². The summed E-state index contributed by atoms with van der Waals surface area (Å²) in [5, 5.41) is 6.38. The maximum Gasteiger partial charge on any atom is 0.319 e. The Morgan fingerprint density at radius 2 is 1.88 bits per heavy atom. The van der Waals surface area contributed by atoms with Crippen LogP contribution in [0.1, 0.15) is 32.1 Å². The Morgan fingerprint density at radius 3 is 2.71 bits per heavy atom. The molecule has 6 heterocycles. The molecule has 4 aliphatic heterocycles. The Kier molecular flexibility index (Phi) is 6.05. The SMILES string of the molecule is Fc1c(-c2cccc3cccc(Cl)c23)ncc2c(N3C[C@H]4CC[C@@H](C3)N4)nc(OC[C@@]34CCCN3C[C@H](F)C4)nc12. The van der Waals surface area contributed by atoms with Crippen molar-refractivity contribution in [3.8, 4) is 17.3 Å². The van der Waals surface area contributed by atoms with Gasteiger partial charge < -0.3 is 15.0 Å². The Morgan fingerprint density at radius 1 is 1.07 bits per heavy atom. The highest BCUT2D eigenvalue weighted by molar-refractivity contribution is 6.36. The van der Waals surface area contributed by atoms with Gasteiger partial charge in [-0.25, -0.2) is 8.78 Å². The summed E-state index contributed by atoms with van der Waals surface area (Å²) in [7, 11) is 0. The molecule has 4 aromatic rings. The summed E-state index contributed by atoms with van der Waals surface area (Å²) in [5.74, 6) is 0.0970. The molecule has 1 N–H and O–H groups in total. The molecule has 4 aliphatic rings. The van der Waals surface area contributed by atoms with Crippen LogP contribution in [0.25, 0.3) is 32.9 Å². The fraction of sp³-hybridized carbons (Fsp3) is 0.452. The number of hydrogen-bond donors (Lipinski definition) is 1. The molecule has 4 atom stereocenters. The molecular formula is C31H31ClF2N6O. The molecule has 10 heteroatoms. The number of rotatable bonds is 5. The first kappa shape index (κ1) is 25.6. The lowest BCUT2D eigenvalue weighted by Gasteiger charge is -2.34. The van der Waals surface area contributed by atoms with Crippen LogP contribution < -0.4 is 15.0 Å². The first-order valence-corrected chi connectivity index (χ1v) is 14.9. The van der Waals surface area contributed by atoms with Crippen LogP contribution in [-0.4, -0.2) is 76.4 Å². The third kappa shape index (κ3) is 4.23. The lowest BCUT2D eigenvalue weighted by molar-refractivity contribution is 0.107. The number of nitrogens with zero attached hydrogens (tertiary/aromatic N) is 5. The van der Waals surface area contributed by atoms with Crippen LogP contribution in [0.2, 0.25) is 5.02 Å². The highest BCUT2D eigenvalue weighted by atomic mass is 35.5. The minimum Gasteiger partial charge on any atom is -0.461 e. The van der Waals surface area contributed by atoms with Crippen molar-refractivity contribution in [1.29, 1.82) is 0 Å². The van der Waals surface area contributed by atoms with Crippen molar-refractivity contribution in [2.75, 3.05) is 37.7 Å². The lowest BCUT2D eigenvalue weighted by Crippen LogP contribution is -2.51. The quantitative estimate of drug-likeness (QED) is 0.335. The summed E-state index contributed by atoms with van der Waals surface area (Å²) < 4.78 is 37.2. The van der Waals surface area contributed by atoms with E-state index in [1.165, 1.54) is 0 Å². The third-order valence-corrected chi connectivity index (χ3v) is 9.81. The summed E-state index contributed by atoms with van der Waals surface area (Å²) in [5.41, 5.74) is 0.605. The number of nitrogens with one attached hydrogen (secondary N) is 1. The molecule has 2 aromatic carbocycles. The molecule has 2 bridgehead atoms. The van der Waals surface area contributed by atoms with Crippen LogP contribution in [-0.2, 0) is 0 Å². The minimum atomic E-state index is -0.859. The van der Waals surface area contributed by atoms with Crippen LogP contribution in [0.5, 0.6) is 6.01 Å². The zero-order valence-corrected chi connectivity index (χ0v) is 23.4. The standard InChI is InChI=1S/C31H31ClF2N6O/c32-24-7-2-5-18-4-1-6-22(25(18)24)27-26(34)28-23(13-35-27)29(39-15-20-8-9-21(16-39)36-20)38-30(37-28)41-17-31-10-3-11-40(31)14-19(33)12-31/h1-2,4-7,13,19-21,36H,3,8-12,14-17H2/t19-,20-,21+,31+/m1/s1. The molecule has 41 heavy (non-hydrogen) atoms. The summed E-state index contributed by atoms with van der Waals surface area (Å²) in [6.07, 6.45) is 5.36. The van der Waals surface area contributed by atoms with Gasteiger partial charge >= 0.3 is 6.01 Å². The largest absolute Gasteiger partial charge is 0.461 e. The zero-order chi connectivity index (χ0) is 27.7. The van der Waals surface area contributed by atoms with E-state index in [4.69, 9.17) is 21.3 Å². The predicted molar refractivity (Wildman–Crippen MR) is 156 cm³/mol. The molecule has 0 unspecified atom stereocenters. The lowest BCUT2D eigenvalue weighted by atomic mass is 9.95. The van der Waals surface area contributed by atoms with E-state index in [1.807, 2.05) is 30.3 Å². The summed E-state index contributed by atoms with van der Waals surface area (Å²) >= 11 is 6.59. The Bertz CT molecular complexity index is 1650. The van der Waals surface area contributed by atoms with Gasteiger partial charge in [0, 0.05) is 60.3 Å². The maximum absolute atomic E-state index is 16.6. The molecule has 8 rings (SSSR count). The fourth-order valence-corrected chi connectivity index (χ4v) is 7.91. The smallest absolute Gasteiger partial charge is 0.319 e. The van der Waals surface area contributed by atoms with Crippen LogP contribution in [0.3, 0.4) is 0 Å². The van der Waals surface area contributed by atoms with Crippen LogP contribution in [0.4, 0.5) is 14.6 Å². The number of benzene rings is 2. The zero-order valence-electron chi connectivity index (χ0n) is 22.6. The highest BCUT2D eigenvalue weighted by Gasteiger charge is 2.49. The molecule has 0 radical (unpaired) electrons. The van der Waals surface area contributed by atoms with Gasteiger partial charge in [-0.1, -0.05) is 41.9 Å². The molecule has 4 fully saturated rings. The van der Waals surface area contributed by atoms with E-state index in [9.17, 15) is 4.39 Å². The van der Waals surface area contributed by atoms with Crippen molar-refractivity contribution >= 4 is 39.1 Å². The van der Waals surface area contributed by atoms with Crippen molar-refractivity contribution in [2.45, 2.75) is 55.9 Å². The topological polar surface area (TPSA) is 66.4 Å². The number of halogens is 3. The average molecular weight is 577 g/mol. The highest BCUT2D eigenvalue weighted by Crippen LogP contribution is 2.41. The molecule has 0 amide bonds. The van der Waals surface area contributed by atoms with Gasteiger partial charge in [0.05, 0.1) is 10.9 Å². The van der Waals surface area contributed by atoms with Gasteiger partial charge in [0.15, 0.2) is 5.82 Å². The molecule has 2 aromatic heterocycles. The van der Waals surface area contributed by atoms with Gasteiger partial charge in [0.2, 0.25) is 0 Å². The number of hydrogen-bond acceptors (Lipinski definition) is 7. The second-order valence-corrected chi connectivity index (χ2v) is 12.5. The van der Waals surface area contributed by atoms with E-state index in [-0.39, 0.29) is 29.4 Å². The van der Waals surface area contributed by atoms with E-state index in [2.05, 4.69) is 25.1 Å². The van der Waals surface area contributed by atoms with E-state index in [0.717, 1.165) is 56.1 Å². The molecule has 0 saturated carbocycles. The first-order valence-electron chi connectivity index (χ1n) is 14.5. The second-order valence-electron chi connectivity index (χ2n) is 12.1. The van der Waals surface area contributed by atoms with Crippen LogP contribution in [0.15, 0.2) is 42.6 Å². The van der Waals surface area contributed by atoms with Gasteiger partial charge in [-0.15, -0.1) is 0 Å². The molecule has 4 saturated heterocycles. The number of anilines is 1. The van der Waals surface area contributed by atoms with E-state index in [1.54, 1.807) is 12.3 Å². The van der Waals surface area contributed by atoms with Crippen LogP contribution in [0, 0.1) is 5.82 Å². The van der Waals surface area contributed by atoms with Crippen molar-refractivity contribution in [3.05, 3.63) is 53.4 Å². The summed E-state index contributed by atoms with van der Waals surface area (Å²) in [6, 6.07) is 12.1. The summed E-state index contributed by atoms with van der Waals surface area (Å²) in [4.78, 5) is 18.5. The van der Waals surface area contributed by atoms with Gasteiger partial charge in [-0.05, 0) is 43.7 Å². The van der Waals surface area contributed by atoms with Crippen molar-refractivity contribution in [2.24, 2.45) is 0 Å². The molecule has 0 spiro atoms. The van der Waals surface area contributed by atoms with Gasteiger partial charge in [0.1, 0.15) is 29.8 Å². The number of ether oxygens (including phenoxy) is 1. The molecular weight excluding hydrogens is 546 g/mol. The number of piperazine rings is 1. The fourth-order valence-electron chi connectivity index (χ4n) is 7.63. The normalized spacial score (nSPS) is 27.7. The maximum atomic E-state index is 16.6. The first-order chi connectivity index (χ1) is 20.0. The predicted octanol–water partition coefficient (Wildman–Crippen LogP) is 5.53. The van der Waals surface area contributed by atoms with E-state index < -0.39 is 12.0 Å². The Hall–Kier alpha value is -3.14. The van der Waals surface area contributed by atoms with Crippen molar-refractivity contribution in [1.82, 2.24) is 25.2 Å². The minimum absolute atomic E-state index is 0.119. The van der Waals surface area contributed by atoms with Crippen molar-refractivity contribution in [3.63, 3.8) is 0 Å². The second kappa shape index (κ2) is 9.71. The number of alkyl halides is 1. The molecule has 212 valence electrons. The number of fused-ring (bicyclic) bond motifs is 5. The van der Waals surface area contributed by atoms with Crippen molar-refractivity contribution < 1.29 is 13.5 Å². The monoisotopic (exact) mass is 576 g/mol. The Balaban J connectivity index is 1.25. The van der Waals surface area contributed by atoms with E-state index in [0.29, 0.717) is 46.8 Å². The average Bonchev–Trinajstić information content (AvgIpc) is 3.62. The van der Waals surface area contributed by atoms with Gasteiger partial charge in [-0.3, -0.25) is 9.88 Å². The van der Waals surface area contributed by atoms with Gasteiger partial charge in [-0.2, -0.15) is 9.97 Å². The number of aromatic nitrogens is 3. The molecule has 0 aliphatic carbocycles. The number of pyridine rings is 1. The molecule has 7 nitrogen and oxygen atoms in total. The van der Waals surface area contributed by atoms with E-state index >= 15 is 4.39 Å². The van der Waals surface area contributed by atoms with Crippen LogP contribution >= 0.6 is 11.6 Å². The third-order valence-electron chi connectivity index (χ3n) is 9.50.